The van der Waals surface area contributed by atoms with Gasteiger partial charge in [0.05, 0.1) is 12.0 Å². The minimum absolute atomic E-state index is 0.372. The van der Waals surface area contributed by atoms with Crippen molar-refractivity contribution < 1.29 is 19.4 Å². The highest BCUT2D eigenvalue weighted by Gasteiger charge is 2.18. The third kappa shape index (κ3) is 3.46. The molecule has 22 heavy (non-hydrogen) atoms. The van der Waals surface area contributed by atoms with E-state index < -0.39 is 12.0 Å². The fourth-order valence-corrected chi connectivity index (χ4v) is 2.93. The van der Waals surface area contributed by atoms with E-state index in [0.717, 1.165) is 21.8 Å². The van der Waals surface area contributed by atoms with Crippen LogP contribution in [0.5, 0.6) is 5.75 Å². The van der Waals surface area contributed by atoms with E-state index in [2.05, 4.69) is 5.32 Å². The molecule has 1 aromatic heterocycles. The molecule has 0 fully saturated rings. The fraction of sp³-hybridized carbons (Fsp3) is 0.250. The van der Waals surface area contributed by atoms with Gasteiger partial charge in [0, 0.05) is 4.88 Å². The molecule has 0 radical (unpaired) electrons. The highest BCUT2D eigenvalue weighted by Crippen LogP contribution is 2.32. The number of rotatable bonds is 5. The second-order valence-corrected chi connectivity index (χ2v) is 6.10. The Labute approximate surface area is 132 Å². The molecule has 1 heterocycles. The third-order valence-corrected chi connectivity index (χ3v) is 4.31. The summed E-state index contributed by atoms with van der Waals surface area (Å²) < 4.78 is 5.13. The molecular weight excluding hydrogens is 302 g/mol. The van der Waals surface area contributed by atoms with Gasteiger partial charge in [-0.1, -0.05) is 12.1 Å². The first-order valence-corrected chi connectivity index (χ1v) is 7.52. The molecule has 0 bridgehead atoms. The number of hydrogen-bond donors (Lipinski definition) is 2. The number of nitrogens with one attached hydrogen (secondary N) is 1. The molecule has 0 saturated heterocycles. The first kappa shape index (κ1) is 16.0. The van der Waals surface area contributed by atoms with Crippen LogP contribution in [-0.4, -0.2) is 30.1 Å². The molecule has 2 N–H and O–H groups in total. The van der Waals surface area contributed by atoms with Crippen LogP contribution < -0.4 is 10.1 Å². The summed E-state index contributed by atoms with van der Waals surface area (Å²) in [5, 5.41) is 11.3. The highest BCUT2D eigenvalue weighted by atomic mass is 32.1. The van der Waals surface area contributed by atoms with E-state index in [4.69, 9.17) is 9.84 Å². The van der Waals surface area contributed by atoms with Gasteiger partial charge in [-0.3, -0.25) is 9.59 Å². The van der Waals surface area contributed by atoms with Gasteiger partial charge < -0.3 is 15.2 Å². The lowest BCUT2D eigenvalue weighted by atomic mass is 10.1. The minimum atomic E-state index is -1.06. The zero-order valence-electron chi connectivity index (χ0n) is 12.5. The summed E-state index contributed by atoms with van der Waals surface area (Å²) in [5.74, 6) is -0.662. The summed E-state index contributed by atoms with van der Waals surface area (Å²) in [6.07, 6.45) is 0. The molecule has 6 heteroatoms. The number of hydrogen-bond acceptors (Lipinski definition) is 4. The van der Waals surface area contributed by atoms with Crippen LogP contribution >= 0.6 is 11.3 Å². The molecule has 5 nitrogen and oxygen atoms in total. The molecule has 0 spiro atoms. The average Bonchev–Trinajstić information content (AvgIpc) is 2.89. The summed E-state index contributed by atoms with van der Waals surface area (Å²) in [6, 6.07) is 8.44. The van der Waals surface area contributed by atoms with Gasteiger partial charge in [-0.25, -0.2) is 0 Å². The maximum absolute atomic E-state index is 12.1. The van der Waals surface area contributed by atoms with Gasteiger partial charge in [0.25, 0.3) is 5.91 Å². The normalized spacial score (nSPS) is 11.8. The Hall–Kier alpha value is -2.34. The van der Waals surface area contributed by atoms with Crippen molar-refractivity contribution in [1.29, 1.82) is 0 Å². The van der Waals surface area contributed by atoms with E-state index in [1.807, 2.05) is 31.2 Å². The number of aryl methyl sites for hydroxylation is 1. The van der Waals surface area contributed by atoms with Gasteiger partial charge in [0.1, 0.15) is 11.8 Å². The maximum Gasteiger partial charge on any atom is 0.325 e. The van der Waals surface area contributed by atoms with Crippen LogP contribution in [0.2, 0.25) is 0 Å². The maximum atomic E-state index is 12.1. The number of carbonyl (C=O) groups is 2. The number of amides is 1. The fourth-order valence-electron chi connectivity index (χ4n) is 1.98. The quantitative estimate of drug-likeness (QED) is 0.888. The number of methoxy groups -OCH3 is 1. The molecule has 0 aliphatic heterocycles. The van der Waals surface area contributed by atoms with Crippen LogP contribution in [0.15, 0.2) is 30.3 Å². The van der Waals surface area contributed by atoms with Gasteiger partial charge in [-0.15, -0.1) is 11.3 Å². The summed E-state index contributed by atoms with van der Waals surface area (Å²) in [7, 11) is 1.61. The average molecular weight is 319 g/mol. The van der Waals surface area contributed by atoms with E-state index in [1.54, 1.807) is 13.2 Å². The number of ether oxygens (including phenoxy) is 1. The van der Waals surface area contributed by atoms with Gasteiger partial charge in [-0.05, 0) is 43.2 Å². The van der Waals surface area contributed by atoms with Gasteiger partial charge in [0.2, 0.25) is 0 Å². The predicted molar refractivity (Wildman–Crippen MR) is 85.6 cm³/mol. The van der Waals surface area contributed by atoms with E-state index >= 15 is 0 Å². The van der Waals surface area contributed by atoms with Crippen molar-refractivity contribution in [3.8, 4) is 16.9 Å². The molecule has 0 saturated carbocycles. The predicted octanol–water partition coefficient (Wildman–Crippen LogP) is 2.94. The largest absolute Gasteiger partial charge is 0.497 e. The van der Waals surface area contributed by atoms with Crippen molar-refractivity contribution >= 4 is 23.2 Å². The Morgan fingerprint density at radius 2 is 1.91 bits per heavy atom. The van der Waals surface area contributed by atoms with Gasteiger partial charge >= 0.3 is 5.97 Å². The summed E-state index contributed by atoms with van der Waals surface area (Å²) in [5.41, 5.74) is 1.95. The SMILES string of the molecule is COc1ccc(-c2cc(C(=O)N[C@H](C)C(=O)O)sc2C)cc1. The zero-order chi connectivity index (χ0) is 16.3. The number of carboxylic acid groups (broad SMARTS) is 1. The molecule has 1 aromatic carbocycles. The highest BCUT2D eigenvalue weighted by molar-refractivity contribution is 7.14. The van der Waals surface area contributed by atoms with Crippen LogP contribution in [0.25, 0.3) is 11.1 Å². The Morgan fingerprint density at radius 1 is 1.27 bits per heavy atom. The summed E-state index contributed by atoms with van der Waals surface area (Å²) in [4.78, 5) is 24.4. The minimum Gasteiger partial charge on any atom is -0.497 e. The lowest BCUT2D eigenvalue weighted by Gasteiger charge is -2.07. The van der Waals surface area contributed by atoms with E-state index in [9.17, 15) is 9.59 Å². The molecule has 2 rings (SSSR count). The van der Waals surface area contributed by atoms with Crippen LogP contribution in [0.1, 0.15) is 21.5 Å². The van der Waals surface area contributed by atoms with Crippen LogP contribution in [0.3, 0.4) is 0 Å². The van der Waals surface area contributed by atoms with Crippen molar-refractivity contribution in [2.45, 2.75) is 19.9 Å². The molecular formula is C16H17NO4S. The Bertz CT molecular complexity index is 691. The monoisotopic (exact) mass is 319 g/mol. The van der Waals surface area contributed by atoms with Gasteiger partial charge in [-0.2, -0.15) is 0 Å². The van der Waals surface area contributed by atoms with Crippen molar-refractivity contribution in [3.63, 3.8) is 0 Å². The summed E-state index contributed by atoms with van der Waals surface area (Å²) in [6.45, 7) is 3.37. The number of carboxylic acids is 1. The standard InChI is InChI=1S/C16H17NO4S/c1-9(16(19)20)17-15(18)14-8-13(10(2)22-14)11-4-6-12(21-3)7-5-11/h4-9H,1-3H3,(H,17,18)(H,19,20)/t9-/m1/s1. The van der Waals surface area contributed by atoms with Crippen molar-refractivity contribution in [2.75, 3.05) is 7.11 Å². The smallest absolute Gasteiger partial charge is 0.325 e. The van der Waals surface area contributed by atoms with Crippen molar-refractivity contribution in [3.05, 3.63) is 40.1 Å². The van der Waals surface area contributed by atoms with Crippen molar-refractivity contribution in [2.24, 2.45) is 0 Å². The molecule has 0 aliphatic carbocycles. The zero-order valence-corrected chi connectivity index (χ0v) is 13.4. The van der Waals surface area contributed by atoms with E-state index in [0.29, 0.717) is 4.88 Å². The number of aliphatic carboxylic acids is 1. The Kier molecular flexibility index (Phi) is 4.82. The first-order valence-electron chi connectivity index (χ1n) is 6.71. The first-order chi connectivity index (χ1) is 10.4. The number of benzene rings is 1. The Balaban J connectivity index is 2.23. The molecule has 2 aromatic rings. The second kappa shape index (κ2) is 6.62. The topological polar surface area (TPSA) is 75.6 Å². The summed E-state index contributed by atoms with van der Waals surface area (Å²) >= 11 is 1.34. The van der Waals surface area contributed by atoms with Crippen LogP contribution in [0, 0.1) is 6.92 Å². The Morgan fingerprint density at radius 3 is 2.45 bits per heavy atom. The third-order valence-electron chi connectivity index (χ3n) is 3.26. The van der Waals surface area contributed by atoms with Crippen LogP contribution in [0.4, 0.5) is 0 Å². The number of thiophene rings is 1. The molecule has 0 unspecified atom stereocenters. The lowest BCUT2D eigenvalue weighted by Crippen LogP contribution is -2.37. The molecule has 1 amide bonds. The number of carbonyl (C=O) groups excluding carboxylic acids is 1. The van der Waals surface area contributed by atoms with Gasteiger partial charge in [0.15, 0.2) is 0 Å². The van der Waals surface area contributed by atoms with E-state index in [1.165, 1.54) is 18.3 Å². The molecule has 116 valence electrons. The van der Waals surface area contributed by atoms with Crippen LogP contribution in [-0.2, 0) is 4.79 Å². The van der Waals surface area contributed by atoms with Crippen molar-refractivity contribution in [1.82, 2.24) is 5.32 Å². The second-order valence-electron chi connectivity index (χ2n) is 4.84. The lowest BCUT2D eigenvalue weighted by molar-refractivity contribution is -0.138. The molecule has 1 atom stereocenters. The molecule has 0 aliphatic rings. The van der Waals surface area contributed by atoms with E-state index in [-0.39, 0.29) is 5.91 Å².